The van der Waals surface area contributed by atoms with Gasteiger partial charge in [0.1, 0.15) is 0 Å². The van der Waals surface area contributed by atoms with E-state index in [0.29, 0.717) is 42.8 Å². The Bertz CT molecular complexity index is 994. The van der Waals surface area contributed by atoms with Crippen LogP contribution in [0.4, 0.5) is 5.69 Å². The number of aryl methyl sites for hydroxylation is 1. The van der Waals surface area contributed by atoms with Gasteiger partial charge in [-0.1, -0.05) is 19.4 Å². The van der Waals surface area contributed by atoms with Crippen molar-refractivity contribution in [2.75, 3.05) is 31.6 Å². The highest BCUT2D eigenvalue weighted by Gasteiger charge is 2.27. The third-order valence-electron chi connectivity index (χ3n) is 5.69. The van der Waals surface area contributed by atoms with Crippen molar-refractivity contribution >= 4 is 33.0 Å². The number of ether oxygens (including phenoxy) is 1. The maximum absolute atomic E-state index is 12.8. The highest BCUT2D eigenvalue weighted by atomic mass is 32.2. The molecule has 1 saturated heterocycles. The van der Waals surface area contributed by atoms with Crippen LogP contribution >= 0.6 is 11.3 Å². The van der Waals surface area contributed by atoms with Gasteiger partial charge in [0.2, 0.25) is 10.0 Å². The molecule has 1 aliphatic heterocycles. The van der Waals surface area contributed by atoms with Crippen molar-refractivity contribution < 1.29 is 17.9 Å². The number of benzene rings is 1. The average molecular weight is 435 g/mol. The van der Waals surface area contributed by atoms with Crippen LogP contribution in [0.3, 0.4) is 0 Å². The molecule has 29 heavy (non-hydrogen) atoms. The number of morpholine rings is 1. The monoisotopic (exact) mass is 434 g/mol. The molecule has 0 unspecified atom stereocenters. The van der Waals surface area contributed by atoms with Crippen molar-refractivity contribution in [3.05, 3.63) is 45.6 Å². The van der Waals surface area contributed by atoms with E-state index in [1.54, 1.807) is 29.5 Å². The molecule has 8 heteroatoms. The molecule has 0 saturated carbocycles. The number of nitrogens with zero attached hydrogens (tertiary/aromatic N) is 1. The fraction of sp³-hybridized carbons (Fsp3) is 0.476. The fourth-order valence-corrected chi connectivity index (χ4v) is 6.48. The van der Waals surface area contributed by atoms with E-state index in [9.17, 15) is 13.2 Å². The molecule has 1 N–H and O–H groups in total. The zero-order valence-electron chi connectivity index (χ0n) is 16.5. The molecule has 2 heterocycles. The SMILES string of the molecule is CC[C@H]1CCc2sc(C(=O)Nc3cccc(S(=O)(=O)N4CCOCC4)c3)cc2C1. The number of rotatable bonds is 5. The van der Waals surface area contributed by atoms with Gasteiger partial charge in [0, 0.05) is 23.7 Å². The number of carbonyl (C=O) groups is 1. The molecule has 0 spiro atoms. The first-order chi connectivity index (χ1) is 14.0. The number of amides is 1. The zero-order valence-corrected chi connectivity index (χ0v) is 18.2. The Morgan fingerprint density at radius 1 is 1.28 bits per heavy atom. The summed E-state index contributed by atoms with van der Waals surface area (Å²) in [6.07, 6.45) is 4.44. The summed E-state index contributed by atoms with van der Waals surface area (Å²) < 4.78 is 32.4. The van der Waals surface area contributed by atoms with Gasteiger partial charge >= 0.3 is 0 Å². The van der Waals surface area contributed by atoms with E-state index in [1.165, 1.54) is 33.7 Å². The smallest absolute Gasteiger partial charge is 0.265 e. The molecule has 2 aliphatic rings. The highest BCUT2D eigenvalue weighted by Crippen LogP contribution is 2.34. The number of anilines is 1. The second-order valence-corrected chi connectivity index (χ2v) is 10.6. The first kappa shape index (κ1) is 20.5. The van der Waals surface area contributed by atoms with E-state index >= 15 is 0 Å². The minimum Gasteiger partial charge on any atom is -0.379 e. The Morgan fingerprint density at radius 3 is 2.83 bits per heavy atom. The number of fused-ring (bicyclic) bond motifs is 1. The van der Waals surface area contributed by atoms with Gasteiger partial charge in [0.05, 0.1) is 23.0 Å². The lowest BCUT2D eigenvalue weighted by Crippen LogP contribution is -2.40. The predicted molar refractivity (Wildman–Crippen MR) is 114 cm³/mol. The molecule has 0 radical (unpaired) electrons. The van der Waals surface area contributed by atoms with Gasteiger partial charge in [-0.25, -0.2) is 8.42 Å². The van der Waals surface area contributed by atoms with Gasteiger partial charge in [0.15, 0.2) is 0 Å². The van der Waals surface area contributed by atoms with Crippen molar-refractivity contribution in [1.82, 2.24) is 4.31 Å². The summed E-state index contributed by atoms with van der Waals surface area (Å²) in [5.41, 5.74) is 1.78. The molecule has 2 aromatic rings. The number of carbonyl (C=O) groups excluding carboxylic acids is 1. The predicted octanol–water partition coefficient (Wildman–Crippen LogP) is 3.54. The number of hydrogen-bond donors (Lipinski definition) is 1. The lowest BCUT2D eigenvalue weighted by molar-refractivity contribution is 0.0730. The van der Waals surface area contributed by atoms with Crippen LogP contribution in [-0.4, -0.2) is 44.9 Å². The Hall–Kier alpha value is -1.74. The molecule has 4 rings (SSSR count). The van der Waals surface area contributed by atoms with E-state index in [4.69, 9.17) is 4.74 Å². The van der Waals surface area contributed by atoms with Gasteiger partial charge in [0.25, 0.3) is 5.91 Å². The van der Waals surface area contributed by atoms with Gasteiger partial charge in [-0.15, -0.1) is 11.3 Å². The third kappa shape index (κ3) is 4.40. The topological polar surface area (TPSA) is 75.7 Å². The van der Waals surface area contributed by atoms with Crippen molar-refractivity contribution in [2.24, 2.45) is 5.92 Å². The van der Waals surface area contributed by atoms with Gasteiger partial charge < -0.3 is 10.1 Å². The van der Waals surface area contributed by atoms with Crippen LogP contribution < -0.4 is 5.32 Å². The maximum atomic E-state index is 12.8. The molecule has 1 aromatic heterocycles. The Morgan fingerprint density at radius 2 is 2.07 bits per heavy atom. The minimum atomic E-state index is -3.59. The molecule has 1 amide bonds. The van der Waals surface area contributed by atoms with Crippen LogP contribution in [0.2, 0.25) is 0 Å². The fourth-order valence-electron chi connectivity index (χ4n) is 3.92. The molecule has 6 nitrogen and oxygen atoms in total. The minimum absolute atomic E-state index is 0.182. The molecule has 156 valence electrons. The summed E-state index contributed by atoms with van der Waals surface area (Å²) in [6, 6.07) is 8.48. The highest BCUT2D eigenvalue weighted by molar-refractivity contribution is 7.89. The normalized spacial score (nSPS) is 20.2. The number of hydrogen-bond acceptors (Lipinski definition) is 5. The van der Waals surface area contributed by atoms with E-state index in [0.717, 1.165) is 12.8 Å². The quantitative estimate of drug-likeness (QED) is 0.781. The molecular formula is C21H26N2O4S2. The van der Waals surface area contributed by atoms with Crippen LogP contribution in [0.1, 0.15) is 39.9 Å². The largest absolute Gasteiger partial charge is 0.379 e. The van der Waals surface area contributed by atoms with Crippen LogP contribution in [0.15, 0.2) is 35.2 Å². The van der Waals surface area contributed by atoms with Gasteiger partial charge in [-0.2, -0.15) is 4.31 Å². The van der Waals surface area contributed by atoms with Gasteiger partial charge in [-0.05, 0) is 55.0 Å². The van der Waals surface area contributed by atoms with Crippen LogP contribution in [0.5, 0.6) is 0 Å². The Labute approximate surface area is 175 Å². The van der Waals surface area contributed by atoms with E-state index in [1.807, 2.05) is 6.07 Å². The number of nitrogens with one attached hydrogen (secondary N) is 1. The van der Waals surface area contributed by atoms with E-state index in [2.05, 4.69) is 12.2 Å². The van der Waals surface area contributed by atoms with E-state index in [-0.39, 0.29) is 10.8 Å². The lowest BCUT2D eigenvalue weighted by atomic mass is 9.87. The van der Waals surface area contributed by atoms with Crippen LogP contribution in [-0.2, 0) is 27.6 Å². The third-order valence-corrected chi connectivity index (χ3v) is 8.82. The van der Waals surface area contributed by atoms with E-state index < -0.39 is 10.0 Å². The second-order valence-electron chi connectivity index (χ2n) is 7.57. The molecule has 0 bridgehead atoms. The van der Waals surface area contributed by atoms with Crippen molar-refractivity contribution in [2.45, 2.75) is 37.5 Å². The van der Waals surface area contributed by atoms with Gasteiger partial charge in [-0.3, -0.25) is 4.79 Å². The standard InChI is InChI=1S/C21H26N2O4S2/c1-2-15-6-7-19-16(12-15)13-20(28-19)21(24)22-17-4-3-5-18(14-17)29(25,26)23-8-10-27-11-9-23/h3-5,13-15H,2,6-12H2,1H3,(H,22,24)/t15-/m0/s1. The lowest BCUT2D eigenvalue weighted by Gasteiger charge is -2.26. The van der Waals surface area contributed by atoms with Crippen molar-refractivity contribution in [1.29, 1.82) is 0 Å². The molecule has 1 fully saturated rings. The average Bonchev–Trinajstić information content (AvgIpc) is 3.18. The zero-order chi connectivity index (χ0) is 20.4. The number of thiophene rings is 1. The summed E-state index contributed by atoms with van der Waals surface area (Å²) >= 11 is 1.56. The first-order valence-electron chi connectivity index (χ1n) is 10.1. The summed E-state index contributed by atoms with van der Waals surface area (Å²) in [5.74, 6) is 0.522. The second kappa shape index (κ2) is 8.55. The molecule has 1 aliphatic carbocycles. The van der Waals surface area contributed by atoms with Crippen molar-refractivity contribution in [3.8, 4) is 0 Å². The Balaban J connectivity index is 1.50. The van der Waals surface area contributed by atoms with Crippen LogP contribution in [0, 0.1) is 5.92 Å². The maximum Gasteiger partial charge on any atom is 0.265 e. The Kier molecular flexibility index (Phi) is 6.06. The summed E-state index contributed by atoms with van der Waals surface area (Å²) in [5, 5.41) is 2.87. The first-order valence-corrected chi connectivity index (χ1v) is 12.3. The summed E-state index contributed by atoms with van der Waals surface area (Å²) in [7, 11) is -3.59. The molecule has 1 atom stereocenters. The molecular weight excluding hydrogens is 408 g/mol. The summed E-state index contributed by atoms with van der Waals surface area (Å²) in [6.45, 7) is 3.71. The summed E-state index contributed by atoms with van der Waals surface area (Å²) in [4.78, 5) is 15.0. The molecule has 1 aromatic carbocycles. The van der Waals surface area contributed by atoms with Crippen LogP contribution in [0.25, 0.3) is 0 Å². The van der Waals surface area contributed by atoms with Crippen molar-refractivity contribution in [3.63, 3.8) is 0 Å². The number of sulfonamides is 1.